The fourth-order valence-corrected chi connectivity index (χ4v) is 5.25. The average molecular weight is 521 g/mol. The highest BCUT2D eigenvalue weighted by molar-refractivity contribution is 7.92. The zero-order valence-electron chi connectivity index (χ0n) is 18.2. The predicted molar refractivity (Wildman–Crippen MR) is 132 cm³/mol. The molecule has 178 valence electrons. The van der Waals surface area contributed by atoms with Gasteiger partial charge in [0, 0.05) is 10.0 Å². The number of aryl methyl sites for hydroxylation is 1. The molecule has 1 aliphatic heterocycles. The lowest BCUT2D eigenvalue weighted by atomic mass is 10.2. The van der Waals surface area contributed by atoms with Gasteiger partial charge >= 0.3 is 0 Å². The van der Waals surface area contributed by atoms with E-state index in [1.807, 2.05) is 13.0 Å². The lowest BCUT2D eigenvalue weighted by Crippen LogP contribution is -2.51. The summed E-state index contributed by atoms with van der Waals surface area (Å²) in [4.78, 5) is 12.9. The summed E-state index contributed by atoms with van der Waals surface area (Å²) < 4.78 is 39.3. The maximum absolute atomic E-state index is 13.4. The van der Waals surface area contributed by atoms with E-state index in [1.54, 1.807) is 42.5 Å². The second kappa shape index (κ2) is 10.1. The number of rotatable bonds is 7. The third-order valence-electron chi connectivity index (χ3n) is 5.23. The van der Waals surface area contributed by atoms with E-state index in [0.717, 1.165) is 9.87 Å². The van der Waals surface area contributed by atoms with Crippen LogP contribution in [0.25, 0.3) is 0 Å². The molecular weight excluding hydrogens is 499 g/mol. The number of anilines is 1. The van der Waals surface area contributed by atoms with E-state index in [0.29, 0.717) is 15.8 Å². The molecule has 0 saturated heterocycles. The molecule has 10 heteroatoms. The highest BCUT2D eigenvalue weighted by atomic mass is 35.5. The Hall–Kier alpha value is -2.94. The second-order valence-corrected chi connectivity index (χ2v) is 10.3. The Bertz CT molecular complexity index is 1300. The van der Waals surface area contributed by atoms with E-state index in [1.165, 1.54) is 18.2 Å². The summed E-state index contributed by atoms with van der Waals surface area (Å²) in [6.45, 7) is 2.09. The smallest absolute Gasteiger partial charge is 0.264 e. The number of sulfonamides is 1. The van der Waals surface area contributed by atoms with Gasteiger partial charge in [-0.25, -0.2) is 8.42 Å². The Balaban J connectivity index is 1.47. The lowest BCUT2D eigenvalue weighted by molar-refractivity contribution is -0.127. The number of halogens is 2. The van der Waals surface area contributed by atoms with Crippen molar-refractivity contribution in [2.24, 2.45) is 0 Å². The molecule has 0 unspecified atom stereocenters. The number of ether oxygens (including phenoxy) is 2. The van der Waals surface area contributed by atoms with Crippen LogP contribution in [-0.2, 0) is 14.8 Å². The van der Waals surface area contributed by atoms with Crippen LogP contribution < -0.4 is 19.1 Å². The summed E-state index contributed by atoms with van der Waals surface area (Å²) in [5, 5.41) is 3.68. The lowest BCUT2D eigenvalue weighted by Gasteiger charge is -2.34. The Kier molecular flexibility index (Phi) is 7.21. The molecule has 1 N–H and O–H groups in total. The molecule has 0 saturated carbocycles. The van der Waals surface area contributed by atoms with Crippen LogP contribution in [0.4, 0.5) is 5.69 Å². The van der Waals surface area contributed by atoms with Gasteiger partial charge in [-0.15, -0.1) is 0 Å². The minimum absolute atomic E-state index is 0.104. The van der Waals surface area contributed by atoms with Crippen LogP contribution in [0.1, 0.15) is 5.56 Å². The van der Waals surface area contributed by atoms with Crippen LogP contribution in [0, 0.1) is 6.92 Å². The summed E-state index contributed by atoms with van der Waals surface area (Å²) in [7, 11) is -3.95. The van der Waals surface area contributed by atoms with Crippen LogP contribution >= 0.6 is 23.2 Å². The number of nitrogens with zero attached hydrogens (tertiary/aromatic N) is 1. The maximum Gasteiger partial charge on any atom is 0.264 e. The number of fused-ring (bicyclic) bond motifs is 1. The van der Waals surface area contributed by atoms with E-state index in [2.05, 4.69) is 5.32 Å². The van der Waals surface area contributed by atoms with Crippen LogP contribution in [0.5, 0.6) is 11.5 Å². The van der Waals surface area contributed by atoms with Crippen LogP contribution in [0.15, 0.2) is 71.6 Å². The topological polar surface area (TPSA) is 84.9 Å². The van der Waals surface area contributed by atoms with Gasteiger partial charge < -0.3 is 14.8 Å². The second-order valence-electron chi connectivity index (χ2n) is 7.62. The third-order valence-corrected chi connectivity index (χ3v) is 7.66. The van der Waals surface area contributed by atoms with Crippen molar-refractivity contribution in [3.8, 4) is 11.5 Å². The molecule has 34 heavy (non-hydrogen) atoms. The SMILES string of the molecule is Cc1ccc(OCCNC(=O)[C@@H]2CN(S(=O)(=O)c3ccccc3)c3cc(Cl)ccc3O2)cc1Cl. The van der Waals surface area contributed by atoms with Gasteiger partial charge in [-0.05, 0) is 55.0 Å². The molecule has 1 aliphatic rings. The molecule has 0 aliphatic carbocycles. The summed E-state index contributed by atoms with van der Waals surface area (Å²) in [6, 6.07) is 18.0. The molecule has 7 nitrogen and oxygen atoms in total. The fraction of sp³-hybridized carbons (Fsp3) is 0.208. The number of hydrogen-bond donors (Lipinski definition) is 1. The zero-order valence-corrected chi connectivity index (χ0v) is 20.5. The largest absolute Gasteiger partial charge is 0.492 e. The number of nitrogens with one attached hydrogen (secondary N) is 1. The molecule has 1 heterocycles. The molecule has 0 spiro atoms. The van der Waals surface area contributed by atoms with Gasteiger partial charge in [-0.1, -0.05) is 47.5 Å². The van der Waals surface area contributed by atoms with Gasteiger partial charge in [-0.3, -0.25) is 9.10 Å². The standard InChI is InChI=1S/C24H22Cl2N2O5S/c1-16-7-9-18(14-20(16)26)32-12-11-27-24(29)23-15-28(21-13-17(25)8-10-22(21)33-23)34(30,31)19-5-3-2-4-6-19/h2-10,13-14,23H,11-12,15H2,1H3,(H,27,29)/t23-/m0/s1. The summed E-state index contributed by atoms with van der Waals surface area (Å²) in [5.74, 6) is 0.380. The van der Waals surface area contributed by atoms with Crippen molar-refractivity contribution < 1.29 is 22.7 Å². The Labute approximate surface area is 208 Å². The van der Waals surface area contributed by atoms with Gasteiger partial charge in [0.25, 0.3) is 15.9 Å². The van der Waals surface area contributed by atoms with Crippen molar-refractivity contribution >= 4 is 44.8 Å². The molecular formula is C24H22Cl2N2O5S. The number of carbonyl (C=O) groups excluding carboxylic acids is 1. The monoisotopic (exact) mass is 520 g/mol. The van der Waals surface area contributed by atoms with Crippen LogP contribution in [0.3, 0.4) is 0 Å². The number of amides is 1. The average Bonchev–Trinajstić information content (AvgIpc) is 2.83. The summed E-state index contributed by atoms with van der Waals surface area (Å²) in [5.41, 5.74) is 1.22. The molecule has 0 aromatic heterocycles. The van der Waals surface area contributed by atoms with Crippen LogP contribution in [0.2, 0.25) is 10.0 Å². The Morgan fingerprint density at radius 1 is 1.12 bits per heavy atom. The summed E-state index contributed by atoms with van der Waals surface area (Å²) >= 11 is 12.2. The molecule has 1 atom stereocenters. The molecule has 1 amide bonds. The number of benzene rings is 3. The highest BCUT2D eigenvalue weighted by Crippen LogP contribution is 2.38. The molecule has 4 rings (SSSR count). The van der Waals surface area contributed by atoms with E-state index >= 15 is 0 Å². The van der Waals surface area contributed by atoms with E-state index < -0.39 is 22.0 Å². The van der Waals surface area contributed by atoms with Crippen molar-refractivity contribution in [1.82, 2.24) is 5.32 Å². The summed E-state index contributed by atoms with van der Waals surface area (Å²) in [6.07, 6.45) is -1.05. The minimum Gasteiger partial charge on any atom is -0.492 e. The molecule has 0 fully saturated rings. The first kappa shape index (κ1) is 24.2. The van der Waals surface area contributed by atoms with Crippen LogP contribution in [-0.4, -0.2) is 40.1 Å². The minimum atomic E-state index is -3.95. The van der Waals surface area contributed by atoms with Gasteiger partial charge in [0.15, 0.2) is 6.10 Å². The molecule has 3 aromatic rings. The van der Waals surface area contributed by atoms with Gasteiger partial charge in [0.2, 0.25) is 0 Å². The normalized spacial score (nSPS) is 15.3. The van der Waals surface area contributed by atoms with E-state index in [4.69, 9.17) is 32.7 Å². The Morgan fingerprint density at radius 2 is 1.88 bits per heavy atom. The van der Waals surface area contributed by atoms with E-state index in [9.17, 15) is 13.2 Å². The molecule has 0 bridgehead atoms. The van der Waals surface area contributed by atoms with Gasteiger partial charge in [0.1, 0.15) is 18.1 Å². The zero-order chi connectivity index (χ0) is 24.3. The van der Waals surface area contributed by atoms with Gasteiger partial charge in [0.05, 0.1) is 23.7 Å². The van der Waals surface area contributed by atoms with Crippen molar-refractivity contribution in [1.29, 1.82) is 0 Å². The third kappa shape index (κ3) is 5.24. The highest BCUT2D eigenvalue weighted by Gasteiger charge is 2.37. The molecule has 0 radical (unpaired) electrons. The predicted octanol–water partition coefficient (Wildman–Crippen LogP) is 4.45. The van der Waals surface area contributed by atoms with E-state index in [-0.39, 0.29) is 36.0 Å². The number of hydrogen-bond acceptors (Lipinski definition) is 5. The quantitative estimate of drug-likeness (QED) is 0.465. The van der Waals surface area contributed by atoms with Crippen molar-refractivity contribution in [3.05, 3.63) is 82.3 Å². The van der Waals surface area contributed by atoms with Crippen molar-refractivity contribution in [2.75, 3.05) is 24.0 Å². The fourth-order valence-electron chi connectivity index (χ4n) is 3.43. The molecule has 3 aromatic carbocycles. The van der Waals surface area contributed by atoms with Gasteiger partial charge in [-0.2, -0.15) is 0 Å². The first-order valence-corrected chi connectivity index (χ1v) is 12.7. The number of carbonyl (C=O) groups is 1. The maximum atomic E-state index is 13.4. The van der Waals surface area contributed by atoms with Crippen molar-refractivity contribution in [2.45, 2.75) is 17.9 Å². The first-order valence-electron chi connectivity index (χ1n) is 10.5. The van der Waals surface area contributed by atoms with Crippen molar-refractivity contribution in [3.63, 3.8) is 0 Å². The Morgan fingerprint density at radius 3 is 2.62 bits per heavy atom. The first-order chi connectivity index (χ1) is 16.3.